The van der Waals surface area contributed by atoms with Crippen LogP contribution in [0, 0.1) is 0 Å². The molecule has 0 aliphatic rings. The van der Waals surface area contributed by atoms with Gasteiger partial charge in [0, 0.05) is 23.6 Å². The first-order valence-electron chi connectivity index (χ1n) is 6.73. The molecule has 1 rings (SSSR count). The second-order valence-corrected chi connectivity index (χ2v) is 6.58. The van der Waals surface area contributed by atoms with Gasteiger partial charge in [0.15, 0.2) is 0 Å². The third-order valence-corrected chi connectivity index (χ3v) is 3.09. The average Bonchev–Trinajstić information content (AvgIpc) is 2.32. The maximum atomic E-state index is 11.5. The van der Waals surface area contributed by atoms with E-state index in [0.717, 1.165) is 4.47 Å². The van der Waals surface area contributed by atoms with Crippen LogP contribution in [0.3, 0.4) is 0 Å². The lowest BCUT2D eigenvalue weighted by molar-refractivity contribution is 0.0528. The van der Waals surface area contributed by atoms with Crippen LogP contribution < -0.4 is 10.6 Å². The van der Waals surface area contributed by atoms with E-state index in [1.807, 2.05) is 32.9 Å². The fraction of sp³-hybridized carbons (Fsp3) is 0.533. The summed E-state index contributed by atoms with van der Waals surface area (Å²) < 4.78 is 6.23. The Bertz CT molecular complexity index is 444. The molecule has 2 N–H and O–H groups in total. The number of carbonyl (C=O) groups is 1. The minimum atomic E-state index is -0.457. The van der Waals surface area contributed by atoms with Crippen molar-refractivity contribution in [1.29, 1.82) is 0 Å². The van der Waals surface area contributed by atoms with Crippen molar-refractivity contribution in [2.24, 2.45) is 0 Å². The zero-order valence-corrected chi connectivity index (χ0v) is 14.1. The monoisotopic (exact) mass is 342 g/mol. The molecule has 0 aromatic heterocycles. The Labute approximate surface area is 129 Å². The molecular weight excluding hydrogens is 320 g/mol. The first kappa shape index (κ1) is 17.0. The van der Waals surface area contributed by atoms with Crippen LogP contribution in [0.15, 0.2) is 28.7 Å². The molecule has 5 heteroatoms. The van der Waals surface area contributed by atoms with Crippen LogP contribution >= 0.6 is 15.9 Å². The lowest BCUT2D eigenvalue weighted by Crippen LogP contribution is -2.36. The lowest BCUT2D eigenvalue weighted by Gasteiger charge is -2.20. The Morgan fingerprint density at radius 3 is 2.65 bits per heavy atom. The molecule has 0 aliphatic carbocycles. The number of hydrogen-bond acceptors (Lipinski definition) is 3. The van der Waals surface area contributed by atoms with E-state index in [4.69, 9.17) is 4.74 Å². The Morgan fingerprint density at radius 1 is 1.35 bits per heavy atom. The predicted octanol–water partition coefficient (Wildman–Crippen LogP) is 3.62. The number of benzene rings is 1. The summed E-state index contributed by atoms with van der Waals surface area (Å²) in [6, 6.07) is 8.40. The second-order valence-electron chi connectivity index (χ2n) is 5.66. The Morgan fingerprint density at radius 2 is 2.05 bits per heavy atom. The zero-order valence-electron chi connectivity index (χ0n) is 12.5. The summed E-state index contributed by atoms with van der Waals surface area (Å²) in [5.74, 6) is 0. The maximum absolute atomic E-state index is 11.5. The Hall–Kier alpha value is -1.07. The van der Waals surface area contributed by atoms with Gasteiger partial charge in [-0.05, 0) is 45.4 Å². The Kier molecular flexibility index (Phi) is 6.49. The van der Waals surface area contributed by atoms with E-state index < -0.39 is 5.60 Å². The maximum Gasteiger partial charge on any atom is 0.407 e. The van der Waals surface area contributed by atoms with Gasteiger partial charge in [0.25, 0.3) is 0 Å². The molecule has 0 saturated heterocycles. The third-order valence-electron chi connectivity index (χ3n) is 2.59. The molecule has 1 aromatic carbocycles. The van der Waals surface area contributed by atoms with E-state index in [0.29, 0.717) is 13.1 Å². The fourth-order valence-corrected chi connectivity index (χ4v) is 2.08. The number of alkyl carbamates (subject to hydrolysis) is 1. The van der Waals surface area contributed by atoms with Gasteiger partial charge < -0.3 is 15.4 Å². The van der Waals surface area contributed by atoms with Crippen molar-refractivity contribution < 1.29 is 9.53 Å². The highest BCUT2D eigenvalue weighted by Crippen LogP contribution is 2.17. The number of nitrogens with one attached hydrogen (secondary N) is 2. The molecule has 0 aliphatic heterocycles. The minimum absolute atomic E-state index is 0.230. The van der Waals surface area contributed by atoms with E-state index in [-0.39, 0.29) is 12.1 Å². The topological polar surface area (TPSA) is 50.4 Å². The molecule has 20 heavy (non-hydrogen) atoms. The molecule has 1 aromatic rings. The molecule has 0 saturated carbocycles. The van der Waals surface area contributed by atoms with Crippen molar-refractivity contribution >= 4 is 22.0 Å². The SMILES string of the molecule is CC(NCCNC(=O)OC(C)(C)C)c1cccc(Br)c1. The molecule has 0 radical (unpaired) electrons. The first-order valence-corrected chi connectivity index (χ1v) is 7.53. The van der Waals surface area contributed by atoms with Gasteiger partial charge >= 0.3 is 6.09 Å². The van der Waals surface area contributed by atoms with Gasteiger partial charge in [0.05, 0.1) is 0 Å². The van der Waals surface area contributed by atoms with E-state index in [9.17, 15) is 4.79 Å². The predicted molar refractivity (Wildman–Crippen MR) is 84.8 cm³/mol. The van der Waals surface area contributed by atoms with Crippen molar-refractivity contribution in [3.63, 3.8) is 0 Å². The van der Waals surface area contributed by atoms with Crippen LogP contribution in [0.1, 0.15) is 39.3 Å². The number of carbonyl (C=O) groups excluding carboxylic acids is 1. The fourth-order valence-electron chi connectivity index (χ4n) is 1.66. The third kappa shape index (κ3) is 6.91. The highest BCUT2D eigenvalue weighted by molar-refractivity contribution is 9.10. The van der Waals surface area contributed by atoms with E-state index in [1.165, 1.54) is 5.56 Å². The molecule has 1 unspecified atom stereocenters. The summed E-state index contributed by atoms with van der Waals surface area (Å²) in [5, 5.41) is 6.08. The summed E-state index contributed by atoms with van der Waals surface area (Å²) in [7, 11) is 0. The summed E-state index contributed by atoms with van der Waals surface area (Å²) in [6.07, 6.45) is -0.380. The minimum Gasteiger partial charge on any atom is -0.444 e. The van der Waals surface area contributed by atoms with E-state index in [2.05, 4.69) is 45.6 Å². The molecule has 0 fully saturated rings. The number of rotatable bonds is 5. The first-order chi connectivity index (χ1) is 9.28. The number of halogens is 1. The van der Waals surface area contributed by atoms with E-state index in [1.54, 1.807) is 0 Å². The number of ether oxygens (including phenoxy) is 1. The summed E-state index contributed by atoms with van der Waals surface area (Å²) in [5.41, 5.74) is 0.748. The molecule has 1 atom stereocenters. The summed E-state index contributed by atoms with van der Waals surface area (Å²) in [4.78, 5) is 11.5. The molecule has 112 valence electrons. The standard InChI is InChI=1S/C15H23BrN2O2/c1-11(12-6-5-7-13(16)10-12)17-8-9-18-14(19)20-15(2,3)4/h5-7,10-11,17H,8-9H2,1-4H3,(H,18,19). The van der Waals surface area contributed by atoms with Gasteiger partial charge in [-0.15, -0.1) is 0 Å². The normalized spacial score (nSPS) is 12.8. The van der Waals surface area contributed by atoms with Gasteiger partial charge in [-0.1, -0.05) is 28.1 Å². The molecule has 1 amide bonds. The lowest BCUT2D eigenvalue weighted by atomic mass is 10.1. The molecule has 0 bridgehead atoms. The van der Waals surface area contributed by atoms with Crippen LogP contribution in [0.2, 0.25) is 0 Å². The van der Waals surface area contributed by atoms with Crippen molar-refractivity contribution in [2.75, 3.05) is 13.1 Å². The summed E-state index contributed by atoms with van der Waals surface area (Å²) in [6.45, 7) is 8.86. The van der Waals surface area contributed by atoms with Gasteiger partial charge in [0.1, 0.15) is 5.60 Å². The largest absolute Gasteiger partial charge is 0.444 e. The van der Waals surface area contributed by atoms with Gasteiger partial charge in [0.2, 0.25) is 0 Å². The number of hydrogen-bond donors (Lipinski definition) is 2. The smallest absolute Gasteiger partial charge is 0.407 e. The molecule has 4 nitrogen and oxygen atoms in total. The van der Waals surface area contributed by atoms with Crippen molar-refractivity contribution in [3.05, 3.63) is 34.3 Å². The highest BCUT2D eigenvalue weighted by atomic mass is 79.9. The Balaban J connectivity index is 2.26. The average molecular weight is 343 g/mol. The van der Waals surface area contributed by atoms with Crippen LogP contribution in [0.5, 0.6) is 0 Å². The molecule has 0 spiro atoms. The van der Waals surface area contributed by atoms with Crippen molar-refractivity contribution in [1.82, 2.24) is 10.6 Å². The van der Waals surface area contributed by atoms with Crippen molar-refractivity contribution in [2.45, 2.75) is 39.3 Å². The highest BCUT2D eigenvalue weighted by Gasteiger charge is 2.15. The van der Waals surface area contributed by atoms with Crippen LogP contribution in [-0.2, 0) is 4.74 Å². The van der Waals surface area contributed by atoms with E-state index >= 15 is 0 Å². The van der Waals surface area contributed by atoms with Gasteiger partial charge in [-0.3, -0.25) is 0 Å². The quantitative estimate of drug-likeness (QED) is 0.803. The number of amides is 1. The van der Waals surface area contributed by atoms with Crippen LogP contribution in [0.4, 0.5) is 4.79 Å². The molecule has 0 heterocycles. The van der Waals surface area contributed by atoms with Crippen LogP contribution in [-0.4, -0.2) is 24.8 Å². The van der Waals surface area contributed by atoms with Crippen molar-refractivity contribution in [3.8, 4) is 0 Å². The van der Waals surface area contributed by atoms with Crippen LogP contribution in [0.25, 0.3) is 0 Å². The second kappa shape index (κ2) is 7.64. The van der Waals surface area contributed by atoms with Gasteiger partial charge in [-0.25, -0.2) is 4.79 Å². The summed E-state index contributed by atoms with van der Waals surface area (Å²) >= 11 is 3.46. The van der Waals surface area contributed by atoms with Gasteiger partial charge in [-0.2, -0.15) is 0 Å². The zero-order chi connectivity index (χ0) is 15.2. The molecular formula is C15H23BrN2O2.